The van der Waals surface area contributed by atoms with E-state index in [-0.39, 0.29) is 13.2 Å². The van der Waals surface area contributed by atoms with Gasteiger partial charge in [0.1, 0.15) is 0 Å². The van der Waals surface area contributed by atoms with Crippen LogP contribution in [0.3, 0.4) is 0 Å². The Kier molecular flexibility index (Phi) is 5.40. The summed E-state index contributed by atoms with van der Waals surface area (Å²) in [6, 6.07) is 0. The normalized spacial score (nSPS) is 16.7. The molecule has 0 aromatic rings. The van der Waals surface area contributed by atoms with E-state index in [1.807, 2.05) is 0 Å². The van der Waals surface area contributed by atoms with E-state index in [4.69, 9.17) is 10.5 Å². The molecule has 0 spiro atoms. The van der Waals surface area contributed by atoms with Gasteiger partial charge in [0.25, 0.3) is 0 Å². The summed E-state index contributed by atoms with van der Waals surface area (Å²) in [6.07, 6.45) is -3.73. The van der Waals surface area contributed by atoms with Gasteiger partial charge < -0.3 is 10.5 Å². The molecule has 3 N–H and O–H groups in total. The second-order valence-corrected chi connectivity index (χ2v) is 3.24. The average molecular weight is 214 g/mol. The summed E-state index contributed by atoms with van der Waals surface area (Å²) < 4.78 is 40.7. The fraction of sp³-hybridized carbons (Fsp3) is 1.00. The number of hydrogen-bond acceptors (Lipinski definition) is 3. The minimum absolute atomic E-state index is 0.118. The van der Waals surface area contributed by atoms with Gasteiger partial charge in [-0.25, -0.2) is 0 Å². The van der Waals surface area contributed by atoms with Gasteiger partial charge in [0, 0.05) is 13.7 Å². The summed E-state index contributed by atoms with van der Waals surface area (Å²) in [4.78, 5) is 0. The fourth-order valence-corrected chi connectivity index (χ4v) is 1.12. The maximum atomic E-state index is 12.0. The largest absolute Gasteiger partial charge is 0.401 e. The minimum Gasteiger partial charge on any atom is -0.383 e. The van der Waals surface area contributed by atoms with E-state index in [1.54, 1.807) is 6.92 Å². The maximum absolute atomic E-state index is 12.0. The lowest BCUT2D eigenvalue weighted by molar-refractivity contribution is -0.130. The van der Waals surface area contributed by atoms with Crippen molar-refractivity contribution in [2.45, 2.75) is 25.1 Å². The van der Waals surface area contributed by atoms with E-state index < -0.39 is 18.3 Å². The summed E-state index contributed by atoms with van der Waals surface area (Å²) in [5.41, 5.74) is 4.65. The van der Waals surface area contributed by atoms with Gasteiger partial charge in [-0.15, -0.1) is 0 Å². The highest BCUT2D eigenvalue weighted by Gasteiger charge is 2.33. The number of rotatable bonds is 6. The number of alkyl halides is 3. The van der Waals surface area contributed by atoms with Crippen LogP contribution in [0.25, 0.3) is 0 Å². The van der Waals surface area contributed by atoms with Crippen LogP contribution in [-0.2, 0) is 4.74 Å². The molecular formula is C8H17F3N2O. The quantitative estimate of drug-likeness (QED) is 0.690. The Balaban J connectivity index is 4.21. The molecule has 0 aliphatic carbocycles. The molecule has 0 saturated heterocycles. The van der Waals surface area contributed by atoms with Crippen LogP contribution in [0.5, 0.6) is 0 Å². The van der Waals surface area contributed by atoms with Crippen molar-refractivity contribution in [2.75, 3.05) is 26.8 Å². The van der Waals surface area contributed by atoms with E-state index in [2.05, 4.69) is 5.32 Å². The molecule has 0 bridgehead atoms. The molecule has 0 aromatic heterocycles. The molecule has 0 fully saturated rings. The van der Waals surface area contributed by atoms with Crippen LogP contribution in [0.2, 0.25) is 0 Å². The number of nitrogens with two attached hydrogens (primary N) is 1. The van der Waals surface area contributed by atoms with E-state index in [0.29, 0.717) is 6.42 Å². The molecule has 3 nitrogen and oxygen atoms in total. The molecule has 0 radical (unpaired) electrons. The molecule has 1 atom stereocenters. The van der Waals surface area contributed by atoms with E-state index >= 15 is 0 Å². The zero-order chi connectivity index (χ0) is 11.2. The smallest absolute Gasteiger partial charge is 0.383 e. The van der Waals surface area contributed by atoms with Crippen molar-refractivity contribution in [3.63, 3.8) is 0 Å². The average Bonchev–Trinajstić information content (AvgIpc) is 2.11. The van der Waals surface area contributed by atoms with Gasteiger partial charge in [-0.3, -0.25) is 5.32 Å². The van der Waals surface area contributed by atoms with Crippen molar-refractivity contribution in [1.29, 1.82) is 0 Å². The van der Waals surface area contributed by atoms with Gasteiger partial charge in [0.2, 0.25) is 0 Å². The molecule has 6 heteroatoms. The monoisotopic (exact) mass is 214 g/mol. The van der Waals surface area contributed by atoms with Gasteiger partial charge in [-0.1, -0.05) is 6.92 Å². The van der Waals surface area contributed by atoms with E-state index in [9.17, 15) is 13.2 Å². The summed E-state index contributed by atoms with van der Waals surface area (Å²) in [6.45, 7) is 1.03. The first-order chi connectivity index (χ1) is 6.39. The third-order valence-corrected chi connectivity index (χ3v) is 2.15. The lowest BCUT2D eigenvalue weighted by Gasteiger charge is -2.32. The molecule has 86 valence electrons. The predicted molar refractivity (Wildman–Crippen MR) is 48.0 cm³/mol. The van der Waals surface area contributed by atoms with Crippen LogP contribution in [0, 0.1) is 0 Å². The third kappa shape index (κ3) is 4.78. The van der Waals surface area contributed by atoms with Crippen molar-refractivity contribution >= 4 is 0 Å². The zero-order valence-electron chi connectivity index (χ0n) is 8.45. The topological polar surface area (TPSA) is 47.3 Å². The highest BCUT2D eigenvalue weighted by Crippen LogP contribution is 2.16. The molecule has 0 aliphatic rings. The second kappa shape index (κ2) is 5.53. The molecule has 0 rings (SSSR count). The van der Waals surface area contributed by atoms with Crippen LogP contribution >= 0.6 is 0 Å². The highest BCUT2D eigenvalue weighted by molar-refractivity contribution is 4.88. The van der Waals surface area contributed by atoms with Crippen LogP contribution in [-0.4, -0.2) is 38.5 Å². The zero-order valence-corrected chi connectivity index (χ0v) is 8.45. The Morgan fingerprint density at radius 2 is 1.93 bits per heavy atom. The molecule has 0 aliphatic heterocycles. The van der Waals surface area contributed by atoms with Gasteiger partial charge >= 0.3 is 6.18 Å². The Hall–Kier alpha value is -0.330. The standard InChI is InChI=1S/C8H17F3N2O/c1-3-7(4-12,6-14-2)13-5-8(9,10)11/h13H,3-6,12H2,1-2H3. The number of hydrogen-bond donors (Lipinski definition) is 2. The van der Waals surface area contributed by atoms with Gasteiger partial charge in [-0.05, 0) is 6.42 Å². The highest BCUT2D eigenvalue weighted by atomic mass is 19.4. The molecule has 1 unspecified atom stereocenters. The first-order valence-electron chi connectivity index (χ1n) is 4.40. The summed E-state index contributed by atoms with van der Waals surface area (Å²) in [5, 5.41) is 2.40. The lowest BCUT2D eigenvalue weighted by atomic mass is 9.97. The van der Waals surface area contributed by atoms with Crippen molar-refractivity contribution in [3.8, 4) is 0 Å². The third-order valence-electron chi connectivity index (χ3n) is 2.15. The summed E-state index contributed by atoms with van der Waals surface area (Å²) >= 11 is 0. The lowest BCUT2D eigenvalue weighted by Crippen LogP contribution is -2.56. The minimum atomic E-state index is -4.22. The van der Waals surface area contributed by atoms with Crippen molar-refractivity contribution in [1.82, 2.24) is 5.32 Å². The molecule has 0 heterocycles. The number of halogens is 3. The molecule has 0 amide bonds. The van der Waals surface area contributed by atoms with Crippen molar-refractivity contribution in [2.24, 2.45) is 5.73 Å². The van der Waals surface area contributed by atoms with Gasteiger partial charge in [-0.2, -0.15) is 13.2 Å². The summed E-state index contributed by atoms with van der Waals surface area (Å²) in [7, 11) is 1.44. The van der Waals surface area contributed by atoms with Crippen molar-refractivity contribution < 1.29 is 17.9 Å². The fourth-order valence-electron chi connectivity index (χ4n) is 1.12. The SMILES string of the molecule is CCC(CN)(COC)NCC(F)(F)F. The second-order valence-electron chi connectivity index (χ2n) is 3.24. The van der Waals surface area contributed by atoms with Crippen LogP contribution < -0.4 is 11.1 Å². The Morgan fingerprint density at radius 3 is 2.21 bits per heavy atom. The van der Waals surface area contributed by atoms with Crippen LogP contribution in [0.1, 0.15) is 13.3 Å². The predicted octanol–water partition coefficient (Wildman–Crippen LogP) is 0.892. The maximum Gasteiger partial charge on any atom is 0.401 e. The number of ether oxygens (including phenoxy) is 1. The Labute approximate surface area is 81.8 Å². The van der Waals surface area contributed by atoms with E-state index in [1.165, 1.54) is 7.11 Å². The van der Waals surface area contributed by atoms with Crippen LogP contribution in [0.15, 0.2) is 0 Å². The molecule has 14 heavy (non-hydrogen) atoms. The Morgan fingerprint density at radius 1 is 1.36 bits per heavy atom. The first kappa shape index (κ1) is 13.7. The molecular weight excluding hydrogens is 197 g/mol. The number of nitrogens with one attached hydrogen (secondary N) is 1. The Bertz CT molecular complexity index is 157. The number of methoxy groups -OCH3 is 1. The molecule has 0 aromatic carbocycles. The molecule has 0 saturated carbocycles. The van der Waals surface area contributed by atoms with Gasteiger partial charge in [0.15, 0.2) is 0 Å². The van der Waals surface area contributed by atoms with E-state index in [0.717, 1.165) is 0 Å². The van der Waals surface area contributed by atoms with Crippen molar-refractivity contribution in [3.05, 3.63) is 0 Å². The van der Waals surface area contributed by atoms with Gasteiger partial charge in [0.05, 0.1) is 18.7 Å². The van der Waals surface area contributed by atoms with Crippen LogP contribution in [0.4, 0.5) is 13.2 Å². The summed E-state index contributed by atoms with van der Waals surface area (Å²) in [5.74, 6) is 0. The first-order valence-corrected chi connectivity index (χ1v) is 4.40.